The van der Waals surface area contributed by atoms with Crippen LogP contribution in [0.4, 0.5) is 0 Å². The highest BCUT2D eigenvalue weighted by atomic mass is 35.5. The molecule has 0 aliphatic carbocycles. The van der Waals surface area contributed by atoms with Gasteiger partial charge in [0.05, 0.1) is 15.7 Å². The Morgan fingerprint density at radius 1 is 1.26 bits per heavy atom. The second kappa shape index (κ2) is 5.95. The lowest BCUT2D eigenvalue weighted by atomic mass is 9.91. The van der Waals surface area contributed by atoms with E-state index in [2.05, 4.69) is 5.16 Å². The third kappa shape index (κ3) is 3.11. The van der Waals surface area contributed by atoms with Crippen LogP contribution in [0.2, 0.25) is 10.0 Å². The van der Waals surface area contributed by atoms with E-state index in [4.69, 9.17) is 33.5 Å². The Morgan fingerprint density at radius 3 is 2.53 bits per heavy atom. The van der Waals surface area contributed by atoms with E-state index in [0.717, 1.165) is 29.0 Å². The number of aryl methyl sites for hydroxylation is 2. The van der Waals surface area contributed by atoms with Gasteiger partial charge in [0.1, 0.15) is 5.76 Å². The molecule has 1 atom stereocenters. The zero-order valence-corrected chi connectivity index (χ0v) is 12.4. The van der Waals surface area contributed by atoms with Gasteiger partial charge in [-0.3, -0.25) is 0 Å². The standard InChI is InChI=1S/C14H16Cl2N2O/c1-8-12(9(2)19-18-8)5-11(7-17)10-3-4-13(15)14(16)6-10/h3-4,6,11H,5,7,17H2,1-2H3. The molecule has 0 bridgehead atoms. The average Bonchev–Trinajstić information content (AvgIpc) is 2.70. The number of hydrogen-bond donors (Lipinski definition) is 1. The molecule has 1 heterocycles. The predicted octanol–water partition coefficient (Wildman–Crippen LogP) is 3.88. The van der Waals surface area contributed by atoms with E-state index < -0.39 is 0 Å². The molecule has 0 aliphatic heterocycles. The van der Waals surface area contributed by atoms with Gasteiger partial charge < -0.3 is 10.3 Å². The van der Waals surface area contributed by atoms with Gasteiger partial charge in [-0.15, -0.1) is 0 Å². The van der Waals surface area contributed by atoms with E-state index in [-0.39, 0.29) is 5.92 Å². The maximum absolute atomic E-state index is 6.06. The van der Waals surface area contributed by atoms with Gasteiger partial charge in [0.25, 0.3) is 0 Å². The number of benzene rings is 1. The van der Waals surface area contributed by atoms with Gasteiger partial charge in [0.15, 0.2) is 0 Å². The molecule has 0 aliphatic rings. The molecular weight excluding hydrogens is 283 g/mol. The molecule has 3 nitrogen and oxygen atoms in total. The summed E-state index contributed by atoms with van der Waals surface area (Å²) >= 11 is 12.0. The number of nitrogens with two attached hydrogens (primary N) is 1. The van der Waals surface area contributed by atoms with Crippen molar-refractivity contribution < 1.29 is 4.52 Å². The van der Waals surface area contributed by atoms with Crippen LogP contribution >= 0.6 is 23.2 Å². The summed E-state index contributed by atoms with van der Waals surface area (Å²) in [5.74, 6) is 1.02. The summed E-state index contributed by atoms with van der Waals surface area (Å²) in [7, 11) is 0. The van der Waals surface area contributed by atoms with Crippen molar-refractivity contribution in [1.82, 2.24) is 5.16 Å². The Labute approximate surface area is 122 Å². The summed E-state index contributed by atoms with van der Waals surface area (Å²) in [4.78, 5) is 0. The van der Waals surface area contributed by atoms with E-state index in [1.165, 1.54) is 0 Å². The second-order valence-corrected chi connectivity index (χ2v) is 5.43. The summed E-state index contributed by atoms with van der Waals surface area (Å²) in [5, 5.41) is 5.07. The van der Waals surface area contributed by atoms with Crippen LogP contribution < -0.4 is 5.73 Å². The highest BCUT2D eigenvalue weighted by Crippen LogP contribution is 2.29. The lowest BCUT2D eigenvalue weighted by Crippen LogP contribution is -2.15. The number of hydrogen-bond acceptors (Lipinski definition) is 3. The lowest BCUT2D eigenvalue weighted by molar-refractivity contribution is 0.392. The minimum absolute atomic E-state index is 0.173. The third-order valence-corrected chi connectivity index (χ3v) is 4.07. The van der Waals surface area contributed by atoms with E-state index in [0.29, 0.717) is 16.6 Å². The van der Waals surface area contributed by atoms with Crippen molar-refractivity contribution in [2.24, 2.45) is 5.73 Å². The number of rotatable bonds is 4. The zero-order valence-electron chi connectivity index (χ0n) is 10.9. The molecule has 0 radical (unpaired) electrons. The molecule has 2 rings (SSSR count). The SMILES string of the molecule is Cc1noc(C)c1CC(CN)c1ccc(Cl)c(Cl)c1. The Bertz CT molecular complexity index is 561. The fourth-order valence-electron chi connectivity index (χ4n) is 2.14. The van der Waals surface area contributed by atoms with Crippen molar-refractivity contribution in [3.63, 3.8) is 0 Å². The fourth-order valence-corrected chi connectivity index (χ4v) is 2.45. The van der Waals surface area contributed by atoms with Gasteiger partial charge in [0.2, 0.25) is 0 Å². The van der Waals surface area contributed by atoms with Gasteiger partial charge in [-0.2, -0.15) is 0 Å². The zero-order chi connectivity index (χ0) is 14.0. The number of halogens is 2. The molecule has 102 valence electrons. The van der Waals surface area contributed by atoms with Crippen molar-refractivity contribution in [3.8, 4) is 0 Å². The highest BCUT2D eigenvalue weighted by Gasteiger charge is 2.17. The molecule has 0 spiro atoms. The van der Waals surface area contributed by atoms with E-state index >= 15 is 0 Å². The van der Waals surface area contributed by atoms with Crippen LogP contribution in [-0.2, 0) is 6.42 Å². The molecule has 1 unspecified atom stereocenters. The largest absolute Gasteiger partial charge is 0.361 e. The summed E-state index contributed by atoms with van der Waals surface area (Å²) in [6.07, 6.45) is 0.787. The Balaban J connectivity index is 2.27. The molecule has 2 aromatic rings. The molecule has 1 aromatic heterocycles. The summed E-state index contributed by atoms with van der Waals surface area (Å²) in [5.41, 5.74) is 8.99. The topological polar surface area (TPSA) is 52.0 Å². The number of nitrogens with zero attached hydrogens (tertiary/aromatic N) is 1. The maximum Gasteiger partial charge on any atom is 0.137 e. The van der Waals surface area contributed by atoms with E-state index in [9.17, 15) is 0 Å². The van der Waals surface area contributed by atoms with Crippen LogP contribution in [0, 0.1) is 13.8 Å². The van der Waals surface area contributed by atoms with Crippen LogP contribution in [0.25, 0.3) is 0 Å². The number of aromatic nitrogens is 1. The van der Waals surface area contributed by atoms with E-state index in [1.54, 1.807) is 6.07 Å². The minimum Gasteiger partial charge on any atom is -0.361 e. The minimum atomic E-state index is 0.173. The van der Waals surface area contributed by atoms with Crippen molar-refractivity contribution in [1.29, 1.82) is 0 Å². The van der Waals surface area contributed by atoms with Gasteiger partial charge in [-0.05, 0) is 44.5 Å². The Morgan fingerprint density at radius 2 is 2.00 bits per heavy atom. The molecule has 0 amide bonds. The smallest absolute Gasteiger partial charge is 0.137 e. The van der Waals surface area contributed by atoms with Gasteiger partial charge in [-0.25, -0.2) is 0 Å². The summed E-state index contributed by atoms with van der Waals surface area (Å²) < 4.78 is 5.18. The van der Waals surface area contributed by atoms with Crippen LogP contribution in [0.3, 0.4) is 0 Å². The second-order valence-electron chi connectivity index (χ2n) is 4.61. The maximum atomic E-state index is 6.06. The first-order valence-electron chi connectivity index (χ1n) is 6.09. The van der Waals surface area contributed by atoms with Crippen molar-refractivity contribution in [3.05, 3.63) is 50.8 Å². The quantitative estimate of drug-likeness (QED) is 0.932. The Hall–Kier alpha value is -1.03. The molecule has 5 heteroatoms. The van der Waals surface area contributed by atoms with Crippen molar-refractivity contribution in [2.45, 2.75) is 26.2 Å². The molecule has 1 aromatic carbocycles. The van der Waals surface area contributed by atoms with E-state index in [1.807, 2.05) is 26.0 Å². The summed E-state index contributed by atoms with van der Waals surface area (Å²) in [6, 6.07) is 5.64. The first-order chi connectivity index (χ1) is 9.02. The molecule has 0 saturated heterocycles. The Kier molecular flexibility index (Phi) is 4.50. The molecule has 0 fully saturated rings. The van der Waals surface area contributed by atoms with Crippen molar-refractivity contribution >= 4 is 23.2 Å². The van der Waals surface area contributed by atoms with Crippen LogP contribution in [0.1, 0.15) is 28.5 Å². The van der Waals surface area contributed by atoms with Gasteiger partial charge in [-0.1, -0.05) is 34.4 Å². The molecule has 2 N–H and O–H groups in total. The first-order valence-corrected chi connectivity index (χ1v) is 6.85. The monoisotopic (exact) mass is 298 g/mol. The molecule has 19 heavy (non-hydrogen) atoms. The predicted molar refractivity (Wildman–Crippen MR) is 77.9 cm³/mol. The molecule has 0 saturated carbocycles. The first kappa shape index (κ1) is 14.4. The average molecular weight is 299 g/mol. The fraction of sp³-hybridized carbons (Fsp3) is 0.357. The van der Waals surface area contributed by atoms with Crippen LogP contribution in [0.15, 0.2) is 22.7 Å². The summed E-state index contributed by atoms with van der Waals surface area (Å²) in [6.45, 7) is 4.38. The van der Waals surface area contributed by atoms with Crippen molar-refractivity contribution in [2.75, 3.05) is 6.54 Å². The van der Waals surface area contributed by atoms with Gasteiger partial charge >= 0.3 is 0 Å². The lowest BCUT2D eigenvalue weighted by Gasteiger charge is -2.15. The normalized spacial score (nSPS) is 12.7. The highest BCUT2D eigenvalue weighted by molar-refractivity contribution is 6.42. The van der Waals surface area contributed by atoms with Crippen LogP contribution in [-0.4, -0.2) is 11.7 Å². The molecular formula is C14H16Cl2N2O. The third-order valence-electron chi connectivity index (χ3n) is 3.33. The van der Waals surface area contributed by atoms with Crippen LogP contribution in [0.5, 0.6) is 0 Å². The van der Waals surface area contributed by atoms with Gasteiger partial charge in [0, 0.05) is 11.5 Å².